The lowest BCUT2D eigenvalue weighted by atomic mass is 10.1. The molecule has 0 spiro atoms. The maximum Gasteiger partial charge on any atom is 0.227 e. The van der Waals surface area contributed by atoms with Gasteiger partial charge >= 0.3 is 0 Å². The van der Waals surface area contributed by atoms with Crippen molar-refractivity contribution >= 4 is 29.1 Å². The van der Waals surface area contributed by atoms with Crippen LogP contribution in [0.5, 0.6) is 0 Å². The molecule has 2 fully saturated rings. The van der Waals surface area contributed by atoms with E-state index in [1.54, 1.807) is 17.0 Å². The summed E-state index contributed by atoms with van der Waals surface area (Å²) in [6.45, 7) is 2.99. The van der Waals surface area contributed by atoms with Crippen LogP contribution < -0.4 is 9.80 Å². The van der Waals surface area contributed by atoms with Gasteiger partial charge in [0.15, 0.2) is 5.78 Å². The number of ketones is 1. The van der Waals surface area contributed by atoms with Crippen molar-refractivity contribution in [1.82, 2.24) is 0 Å². The van der Waals surface area contributed by atoms with Crippen molar-refractivity contribution in [3.8, 4) is 0 Å². The number of hydrogen-bond donors (Lipinski definition) is 0. The third kappa shape index (κ3) is 3.95. The Morgan fingerprint density at radius 3 is 2.37 bits per heavy atom. The highest BCUT2D eigenvalue weighted by Crippen LogP contribution is 2.23. The molecule has 2 heterocycles. The number of carbonyl (C=O) groups is 2. The Morgan fingerprint density at radius 1 is 0.889 bits per heavy atom. The second kappa shape index (κ2) is 7.78. The quantitative estimate of drug-likeness (QED) is 0.589. The lowest BCUT2D eigenvalue weighted by molar-refractivity contribution is -0.117. The van der Waals surface area contributed by atoms with Crippen molar-refractivity contribution in [3.05, 3.63) is 65.7 Å². The summed E-state index contributed by atoms with van der Waals surface area (Å²) < 4.78 is 0. The Morgan fingerprint density at radius 2 is 1.67 bits per heavy atom. The molecule has 27 heavy (non-hydrogen) atoms. The van der Waals surface area contributed by atoms with Crippen LogP contribution in [0.1, 0.15) is 41.6 Å². The van der Waals surface area contributed by atoms with E-state index in [4.69, 9.17) is 0 Å². The van der Waals surface area contributed by atoms with Gasteiger partial charge in [-0.3, -0.25) is 9.59 Å². The molecule has 4 rings (SSSR count). The number of nitrogens with zero attached hydrogens (tertiary/aromatic N) is 2. The van der Waals surface area contributed by atoms with Gasteiger partial charge in [-0.1, -0.05) is 30.3 Å². The van der Waals surface area contributed by atoms with Gasteiger partial charge in [0.05, 0.1) is 0 Å². The molecule has 2 aliphatic heterocycles. The molecule has 1 amide bonds. The summed E-state index contributed by atoms with van der Waals surface area (Å²) in [6, 6.07) is 15.7. The number of anilines is 2. The molecular formula is C23H24N2O2. The highest BCUT2D eigenvalue weighted by Gasteiger charge is 2.22. The lowest BCUT2D eigenvalue weighted by Crippen LogP contribution is -2.23. The van der Waals surface area contributed by atoms with E-state index in [2.05, 4.69) is 29.2 Å². The summed E-state index contributed by atoms with van der Waals surface area (Å²) in [5, 5.41) is 0. The predicted octanol–water partition coefficient (Wildman–Crippen LogP) is 4.31. The molecule has 4 nitrogen and oxygen atoms in total. The van der Waals surface area contributed by atoms with Gasteiger partial charge < -0.3 is 9.80 Å². The summed E-state index contributed by atoms with van der Waals surface area (Å²) in [6.07, 6.45) is 7.45. The summed E-state index contributed by atoms with van der Waals surface area (Å²) >= 11 is 0. The van der Waals surface area contributed by atoms with Crippen molar-refractivity contribution in [3.63, 3.8) is 0 Å². The molecule has 2 aliphatic rings. The highest BCUT2D eigenvalue weighted by molar-refractivity contribution is 6.08. The maximum absolute atomic E-state index is 12.5. The van der Waals surface area contributed by atoms with E-state index in [1.807, 2.05) is 24.3 Å². The van der Waals surface area contributed by atoms with Crippen LogP contribution >= 0.6 is 0 Å². The second-order valence-electron chi connectivity index (χ2n) is 7.18. The van der Waals surface area contributed by atoms with Crippen LogP contribution in [0.25, 0.3) is 6.08 Å². The zero-order chi connectivity index (χ0) is 18.6. The maximum atomic E-state index is 12.5. The summed E-state index contributed by atoms with van der Waals surface area (Å²) in [7, 11) is 0. The minimum Gasteiger partial charge on any atom is -0.372 e. The van der Waals surface area contributed by atoms with E-state index in [1.165, 1.54) is 18.5 Å². The Labute approximate surface area is 160 Å². The zero-order valence-electron chi connectivity index (χ0n) is 15.4. The molecule has 0 bridgehead atoms. The van der Waals surface area contributed by atoms with Gasteiger partial charge in [-0.05, 0) is 55.2 Å². The molecule has 2 aromatic carbocycles. The van der Waals surface area contributed by atoms with E-state index < -0.39 is 0 Å². The number of hydrogen-bond acceptors (Lipinski definition) is 3. The van der Waals surface area contributed by atoms with Crippen molar-refractivity contribution in [1.29, 1.82) is 0 Å². The average Bonchev–Trinajstić information content (AvgIpc) is 3.38. The van der Waals surface area contributed by atoms with Crippen LogP contribution in [0.2, 0.25) is 0 Å². The second-order valence-corrected chi connectivity index (χ2v) is 7.18. The molecule has 0 aromatic heterocycles. The molecule has 0 saturated carbocycles. The van der Waals surface area contributed by atoms with Crippen molar-refractivity contribution < 1.29 is 9.59 Å². The normalized spacial score (nSPS) is 17.3. The molecule has 2 saturated heterocycles. The largest absolute Gasteiger partial charge is 0.372 e. The Bertz CT molecular complexity index is 864. The van der Waals surface area contributed by atoms with Gasteiger partial charge in [0, 0.05) is 43.0 Å². The average molecular weight is 360 g/mol. The van der Waals surface area contributed by atoms with Crippen LogP contribution in [0, 0.1) is 0 Å². The first kappa shape index (κ1) is 17.5. The van der Waals surface area contributed by atoms with Crippen LogP contribution in [0.4, 0.5) is 11.4 Å². The number of allylic oxidation sites excluding steroid dienone is 1. The van der Waals surface area contributed by atoms with Gasteiger partial charge in [0.25, 0.3) is 0 Å². The van der Waals surface area contributed by atoms with Gasteiger partial charge in [0.1, 0.15) is 0 Å². The third-order valence-electron chi connectivity index (χ3n) is 5.31. The molecule has 2 aromatic rings. The van der Waals surface area contributed by atoms with Gasteiger partial charge in [-0.2, -0.15) is 0 Å². The first-order valence-corrected chi connectivity index (χ1v) is 9.68. The fourth-order valence-corrected chi connectivity index (χ4v) is 3.79. The molecule has 0 atom stereocenters. The molecule has 0 aliphatic carbocycles. The third-order valence-corrected chi connectivity index (χ3v) is 5.31. The molecular weight excluding hydrogens is 336 g/mol. The Balaban J connectivity index is 1.44. The minimum atomic E-state index is -0.0490. The topological polar surface area (TPSA) is 40.6 Å². The predicted molar refractivity (Wildman–Crippen MR) is 109 cm³/mol. The van der Waals surface area contributed by atoms with E-state index in [0.717, 1.165) is 37.3 Å². The van der Waals surface area contributed by atoms with Crippen LogP contribution in [0.15, 0.2) is 54.6 Å². The number of amides is 1. The van der Waals surface area contributed by atoms with E-state index in [9.17, 15) is 9.59 Å². The summed E-state index contributed by atoms with van der Waals surface area (Å²) in [5.41, 5.74) is 3.68. The van der Waals surface area contributed by atoms with E-state index in [-0.39, 0.29) is 11.7 Å². The first-order valence-electron chi connectivity index (χ1n) is 9.68. The Hall–Kier alpha value is -2.88. The summed E-state index contributed by atoms with van der Waals surface area (Å²) in [5.74, 6) is 0.0837. The van der Waals surface area contributed by atoms with E-state index in [0.29, 0.717) is 12.0 Å². The zero-order valence-corrected chi connectivity index (χ0v) is 15.4. The van der Waals surface area contributed by atoms with Gasteiger partial charge in [-0.15, -0.1) is 0 Å². The van der Waals surface area contributed by atoms with Crippen LogP contribution in [-0.4, -0.2) is 31.3 Å². The smallest absolute Gasteiger partial charge is 0.227 e. The molecule has 0 unspecified atom stereocenters. The van der Waals surface area contributed by atoms with Crippen molar-refractivity contribution in [2.45, 2.75) is 25.7 Å². The lowest BCUT2D eigenvalue weighted by Gasteiger charge is -2.17. The SMILES string of the molecule is O=C(/C=C/c1ccc(N2CCCC2)cc1)c1cccc(N2CCCC2=O)c1. The van der Waals surface area contributed by atoms with Gasteiger partial charge in [0.2, 0.25) is 5.91 Å². The summed E-state index contributed by atoms with van der Waals surface area (Å²) in [4.78, 5) is 28.6. The van der Waals surface area contributed by atoms with Crippen molar-refractivity contribution in [2.75, 3.05) is 29.4 Å². The molecule has 0 N–H and O–H groups in total. The van der Waals surface area contributed by atoms with Crippen molar-refractivity contribution in [2.24, 2.45) is 0 Å². The number of rotatable bonds is 5. The number of carbonyl (C=O) groups excluding carboxylic acids is 2. The monoisotopic (exact) mass is 360 g/mol. The van der Waals surface area contributed by atoms with Crippen LogP contribution in [0.3, 0.4) is 0 Å². The van der Waals surface area contributed by atoms with E-state index >= 15 is 0 Å². The fraction of sp³-hybridized carbons (Fsp3) is 0.304. The Kier molecular flexibility index (Phi) is 5.05. The minimum absolute atomic E-state index is 0.0490. The fourth-order valence-electron chi connectivity index (χ4n) is 3.79. The first-order chi connectivity index (χ1) is 13.2. The molecule has 4 heteroatoms. The highest BCUT2D eigenvalue weighted by atomic mass is 16.2. The standard InChI is InChI=1S/C23H24N2O2/c26-22(19-5-3-6-21(17-19)25-16-4-7-23(25)27)13-10-18-8-11-20(12-9-18)24-14-1-2-15-24/h3,5-6,8-13,17H,1-2,4,7,14-16H2/b13-10+. The van der Waals surface area contributed by atoms with Crippen LogP contribution in [-0.2, 0) is 4.79 Å². The number of benzene rings is 2. The molecule has 0 radical (unpaired) electrons. The molecule has 138 valence electrons. The van der Waals surface area contributed by atoms with Gasteiger partial charge in [-0.25, -0.2) is 0 Å².